The normalized spacial score (nSPS) is 11.9. The van der Waals surface area contributed by atoms with Crippen LogP contribution in [0.15, 0.2) is 30.6 Å². The number of halogens is 1. The highest BCUT2D eigenvalue weighted by molar-refractivity contribution is 5.66. The fourth-order valence-corrected chi connectivity index (χ4v) is 1.92. The molecular weight excluding hydrogens is 259 g/mol. The van der Waals surface area contributed by atoms with Crippen molar-refractivity contribution in [2.24, 2.45) is 0 Å². The van der Waals surface area contributed by atoms with E-state index in [1.165, 1.54) is 25.6 Å². The van der Waals surface area contributed by atoms with E-state index in [4.69, 9.17) is 10.5 Å². The van der Waals surface area contributed by atoms with E-state index in [2.05, 4.69) is 15.3 Å². The van der Waals surface area contributed by atoms with E-state index in [9.17, 15) is 4.39 Å². The Hall–Kier alpha value is -2.37. The van der Waals surface area contributed by atoms with Crippen molar-refractivity contribution in [3.63, 3.8) is 0 Å². The fourth-order valence-electron chi connectivity index (χ4n) is 1.92. The first kappa shape index (κ1) is 14.0. The number of nitrogens with two attached hydrogens (primary N) is 1. The molecule has 0 radical (unpaired) electrons. The van der Waals surface area contributed by atoms with Crippen LogP contribution in [0.5, 0.6) is 5.88 Å². The third-order valence-corrected chi connectivity index (χ3v) is 2.88. The van der Waals surface area contributed by atoms with Gasteiger partial charge >= 0.3 is 0 Å². The van der Waals surface area contributed by atoms with Gasteiger partial charge in [-0.05, 0) is 31.0 Å². The van der Waals surface area contributed by atoms with Gasteiger partial charge in [0.2, 0.25) is 5.88 Å². The van der Waals surface area contributed by atoms with Crippen molar-refractivity contribution >= 4 is 11.5 Å². The molecule has 2 aromatic rings. The Labute approximate surface area is 117 Å². The van der Waals surface area contributed by atoms with Gasteiger partial charge in [0.05, 0.1) is 7.11 Å². The van der Waals surface area contributed by atoms with Crippen LogP contribution in [0.4, 0.5) is 15.9 Å². The van der Waals surface area contributed by atoms with Gasteiger partial charge in [0, 0.05) is 6.04 Å². The first-order chi connectivity index (χ1) is 9.60. The summed E-state index contributed by atoms with van der Waals surface area (Å²) in [4.78, 5) is 8.01. The average molecular weight is 276 g/mol. The van der Waals surface area contributed by atoms with Crippen LogP contribution in [0, 0.1) is 5.82 Å². The lowest BCUT2D eigenvalue weighted by molar-refractivity contribution is 0.399. The number of anilines is 2. The quantitative estimate of drug-likeness (QED) is 0.876. The Morgan fingerprint density at radius 2 is 2.00 bits per heavy atom. The molecule has 0 saturated heterocycles. The molecule has 3 N–H and O–H groups in total. The van der Waals surface area contributed by atoms with Crippen LogP contribution >= 0.6 is 0 Å². The second-order valence-corrected chi connectivity index (χ2v) is 4.52. The van der Waals surface area contributed by atoms with Gasteiger partial charge in [-0.25, -0.2) is 9.37 Å². The predicted molar refractivity (Wildman–Crippen MR) is 76.2 cm³/mol. The fraction of sp³-hybridized carbons (Fsp3) is 0.286. The molecule has 1 unspecified atom stereocenters. The molecular formula is C14H17FN4O. The minimum atomic E-state index is -0.237. The van der Waals surface area contributed by atoms with Crippen molar-refractivity contribution in [3.05, 3.63) is 42.0 Å². The number of ether oxygens (including phenoxy) is 1. The predicted octanol–water partition coefficient (Wildman–Crippen LogP) is 2.25. The highest BCUT2D eigenvalue weighted by Crippen LogP contribution is 2.24. The molecule has 6 heteroatoms. The number of aromatic nitrogens is 2. The molecule has 0 bridgehead atoms. The number of methoxy groups -OCH3 is 1. The van der Waals surface area contributed by atoms with Crippen LogP contribution < -0.4 is 15.8 Å². The minimum Gasteiger partial charge on any atom is -0.479 e. The second-order valence-electron chi connectivity index (χ2n) is 4.52. The summed E-state index contributed by atoms with van der Waals surface area (Å²) in [5.74, 6) is 0.641. The number of nitrogen functional groups attached to an aromatic ring is 1. The largest absolute Gasteiger partial charge is 0.479 e. The van der Waals surface area contributed by atoms with Crippen molar-refractivity contribution in [3.8, 4) is 5.88 Å². The molecule has 0 saturated carbocycles. The Morgan fingerprint density at radius 3 is 2.65 bits per heavy atom. The molecule has 1 aromatic carbocycles. The van der Waals surface area contributed by atoms with Gasteiger partial charge in [0.15, 0.2) is 5.82 Å². The first-order valence-electron chi connectivity index (χ1n) is 6.25. The first-order valence-corrected chi connectivity index (χ1v) is 6.25. The maximum atomic E-state index is 12.8. The van der Waals surface area contributed by atoms with E-state index in [0.717, 1.165) is 12.0 Å². The SMILES string of the molecule is COc1ncnc(NC(C)Cc2ccc(F)cc2)c1N. The summed E-state index contributed by atoms with van der Waals surface area (Å²) < 4.78 is 17.9. The summed E-state index contributed by atoms with van der Waals surface area (Å²) >= 11 is 0. The Balaban J connectivity index is 2.04. The van der Waals surface area contributed by atoms with Crippen molar-refractivity contribution in [2.45, 2.75) is 19.4 Å². The van der Waals surface area contributed by atoms with Crippen molar-refractivity contribution in [1.82, 2.24) is 9.97 Å². The van der Waals surface area contributed by atoms with E-state index in [0.29, 0.717) is 17.4 Å². The van der Waals surface area contributed by atoms with Gasteiger partial charge in [-0.1, -0.05) is 12.1 Å². The third kappa shape index (κ3) is 3.34. The second kappa shape index (κ2) is 6.18. The smallest absolute Gasteiger partial charge is 0.242 e. The van der Waals surface area contributed by atoms with Crippen molar-refractivity contribution < 1.29 is 9.13 Å². The summed E-state index contributed by atoms with van der Waals surface area (Å²) in [5, 5.41) is 3.20. The van der Waals surface area contributed by atoms with Gasteiger partial charge in [-0.15, -0.1) is 0 Å². The minimum absolute atomic E-state index is 0.0855. The molecule has 2 rings (SSSR count). The van der Waals surface area contributed by atoms with Crippen LogP contribution in [-0.2, 0) is 6.42 Å². The van der Waals surface area contributed by atoms with Crippen LogP contribution in [0.2, 0.25) is 0 Å². The number of nitrogens with zero attached hydrogens (tertiary/aromatic N) is 2. The number of hydrogen-bond donors (Lipinski definition) is 2. The summed E-state index contributed by atoms with van der Waals surface area (Å²) in [6, 6.07) is 6.51. The standard InChI is InChI=1S/C14H17FN4O/c1-9(7-10-3-5-11(15)6-4-10)19-13-12(16)14(20-2)18-8-17-13/h3-6,8-9H,7,16H2,1-2H3,(H,17,18,19). The molecule has 1 heterocycles. The lowest BCUT2D eigenvalue weighted by Crippen LogP contribution is -2.20. The Kier molecular flexibility index (Phi) is 4.34. The molecule has 106 valence electrons. The molecule has 1 atom stereocenters. The maximum absolute atomic E-state index is 12.8. The van der Waals surface area contributed by atoms with E-state index in [1.54, 1.807) is 12.1 Å². The molecule has 0 fully saturated rings. The van der Waals surface area contributed by atoms with Crippen LogP contribution in [0.3, 0.4) is 0 Å². The van der Waals surface area contributed by atoms with Crippen molar-refractivity contribution in [2.75, 3.05) is 18.2 Å². The summed E-state index contributed by atoms with van der Waals surface area (Å²) in [5.41, 5.74) is 7.30. The Bertz CT molecular complexity index is 574. The molecule has 0 spiro atoms. The maximum Gasteiger partial charge on any atom is 0.242 e. The lowest BCUT2D eigenvalue weighted by Gasteiger charge is -2.16. The molecule has 0 aliphatic carbocycles. The summed E-state index contributed by atoms with van der Waals surface area (Å²) in [6.45, 7) is 2.00. The zero-order valence-corrected chi connectivity index (χ0v) is 11.4. The summed E-state index contributed by atoms with van der Waals surface area (Å²) in [6.07, 6.45) is 2.12. The number of rotatable bonds is 5. The molecule has 5 nitrogen and oxygen atoms in total. The highest BCUT2D eigenvalue weighted by atomic mass is 19.1. The van der Waals surface area contributed by atoms with Gasteiger partial charge in [-0.3, -0.25) is 0 Å². The van der Waals surface area contributed by atoms with Crippen LogP contribution in [-0.4, -0.2) is 23.1 Å². The number of benzene rings is 1. The van der Waals surface area contributed by atoms with Crippen LogP contribution in [0.1, 0.15) is 12.5 Å². The molecule has 1 aromatic heterocycles. The van der Waals surface area contributed by atoms with E-state index in [1.807, 2.05) is 6.92 Å². The van der Waals surface area contributed by atoms with Crippen LogP contribution in [0.25, 0.3) is 0 Å². The zero-order chi connectivity index (χ0) is 14.5. The van der Waals surface area contributed by atoms with E-state index >= 15 is 0 Å². The monoisotopic (exact) mass is 276 g/mol. The van der Waals surface area contributed by atoms with Gasteiger partial charge in [-0.2, -0.15) is 4.98 Å². The number of hydrogen-bond acceptors (Lipinski definition) is 5. The molecule has 0 aliphatic rings. The van der Waals surface area contributed by atoms with Gasteiger partial charge < -0.3 is 15.8 Å². The van der Waals surface area contributed by atoms with E-state index < -0.39 is 0 Å². The van der Waals surface area contributed by atoms with Gasteiger partial charge in [0.25, 0.3) is 0 Å². The van der Waals surface area contributed by atoms with Gasteiger partial charge in [0.1, 0.15) is 17.8 Å². The third-order valence-electron chi connectivity index (χ3n) is 2.88. The highest BCUT2D eigenvalue weighted by Gasteiger charge is 2.11. The van der Waals surface area contributed by atoms with Crippen molar-refractivity contribution in [1.29, 1.82) is 0 Å². The molecule has 0 amide bonds. The van der Waals surface area contributed by atoms with E-state index in [-0.39, 0.29) is 11.9 Å². The molecule has 20 heavy (non-hydrogen) atoms. The Morgan fingerprint density at radius 1 is 1.30 bits per heavy atom. The average Bonchev–Trinajstić information content (AvgIpc) is 2.44. The lowest BCUT2D eigenvalue weighted by atomic mass is 10.1. The number of nitrogens with one attached hydrogen (secondary N) is 1. The topological polar surface area (TPSA) is 73.1 Å². The zero-order valence-electron chi connectivity index (χ0n) is 11.4. The summed E-state index contributed by atoms with van der Waals surface area (Å²) in [7, 11) is 1.50. The molecule has 0 aliphatic heterocycles.